The molecule has 106 valence electrons. The fourth-order valence-corrected chi connectivity index (χ4v) is 2.66. The minimum absolute atomic E-state index is 0.140. The SMILES string of the molecule is CN1CCO[C@H](C(=O)Nc2cnc3c(Br)cccn23)C1. The number of pyridine rings is 1. The number of nitrogens with zero attached hydrogens (tertiary/aromatic N) is 3. The molecule has 0 unspecified atom stereocenters. The first-order valence-corrected chi connectivity index (χ1v) is 7.17. The molecule has 0 radical (unpaired) electrons. The van der Waals surface area contributed by atoms with Crippen LogP contribution >= 0.6 is 15.9 Å². The van der Waals surface area contributed by atoms with Crippen LogP contribution in [0.2, 0.25) is 0 Å². The number of amides is 1. The molecular formula is C13H15BrN4O2. The van der Waals surface area contributed by atoms with Gasteiger partial charge in [-0.1, -0.05) is 0 Å². The number of hydrogen-bond acceptors (Lipinski definition) is 4. The third-order valence-electron chi connectivity index (χ3n) is 3.30. The average Bonchev–Trinajstić information content (AvgIpc) is 2.83. The zero-order chi connectivity index (χ0) is 14.1. The summed E-state index contributed by atoms with van der Waals surface area (Å²) in [4.78, 5) is 18.6. The lowest BCUT2D eigenvalue weighted by atomic mass is 10.2. The van der Waals surface area contributed by atoms with Crippen LogP contribution in [0.4, 0.5) is 5.82 Å². The van der Waals surface area contributed by atoms with E-state index in [-0.39, 0.29) is 5.91 Å². The Labute approximate surface area is 124 Å². The number of fused-ring (bicyclic) bond motifs is 1. The quantitative estimate of drug-likeness (QED) is 0.898. The van der Waals surface area contributed by atoms with Gasteiger partial charge < -0.3 is 15.0 Å². The number of rotatable bonds is 2. The summed E-state index contributed by atoms with van der Waals surface area (Å²) >= 11 is 3.43. The molecule has 1 saturated heterocycles. The third-order valence-corrected chi connectivity index (χ3v) is 3.92. The molecule has 7 heteroatoms. The Morgan fingerprint density at radius 3 is 3.25 bits per heavy atom. The van der Waals surface area contributed by atoms with E-state index in [1.54, 1.807) is 6.20 Å². The normalized spacial score (nSPS) is 20.2. The first-order chi connectivity index (χ1) is 9.65. The molecule has 3 heterocycles. The summed E-state index contributed by atoms with van der Waals surface area (Å²) < 4.78 is 8.21. The van der Waals surface area contributed by atoms with E-state index in [4.69, 9.17) is 4.74 Å². The molecule has 1 aliphatic rings. The van der Waals surface area contributed by atoms with Crippen LogP contribution in [0, 0.1) is 0 Å². The summed E-state index contributed by atoms with van der Waals surface area (Å²) in [6.07, 6.45) is 3.06. The summed E-state index contributed by atoms with van der Waals surface area (Å²) in [5.74, 6) is 0.501. The molecule has 2 aromatic heterocycles. The predicted molar refractivity (Wildman–Crippen MR) is 78.8 cm³/mol. The predicted octanol–water partition coefficient (Wildman–Crippen LogP) is 1.37. The smallest absolute Gasteiger partial charge is 0.255 e. The molecule has 1 aliphatic heterocycles. The van der Waals surface area contributed by atoms with Gasteiger partial charge in [0.2, 0.25) is 0 Å². The van der Waals surface area contributed by atoms with E-state index < -0.39 is 6.10 Å². The summed E-state index contributed by atoms with van der Waals surface area (Å²) in [5.41, 5.74) is 0.768. The number of ether oxygens (including phenoxy) is 1. The second-order valence-electron chi connectivity index (χ2n) is 4.80. The van der Waals surface area contributed by atoms with Crippen molar-refractivity contribution in [2.75, 3.05) is 32.1 Å². The molecule has 0 aliphatic carbocycles. The lowest BCUT2D eigenvalue weighted by Gasteiger charge is -2.28. The second kappa shape index (κ2) is 5.51. The number of carbonyl (C=O) groups excluding carboxylic acids is 1. The number of nitrogens with one attached hydrogen (secondary N) is 1. The fourth-order valence-electron chi connectivity index (χ4n) is 2.21. The highest BCUT2D eigenvalue weighted by Gasteiger charge is 2.25. The van der Waals surface area contributed by atoms with Crippen molar-refractivity contribution in [1.82, 2.24) is 14.3 Å². The van der Waals surface area contributed by atoms with Gasteiger partial charge >= 0.3 is 0 Å². The van der Waals surface area contributed by atoms with Gasteiger partial charge in [-0.05, 0) is 35.1 Å². The molecule has 0 aromatic carbocycles. The third kappa shape index (κ3) is 2.56. The molecule has 0 saturated carbocycles. The van der Waals surface area contributed by atoms with Gasteiger partial charge in [-0.15, -0.1) is 0 Å². The summed E-state index contributed by atoms with van der Waals surface area (Å²) in [7, 11) is 1.98. The molecule has 0 spiro atoms. The fraction of sp³-hybridized carbons (Fsp3) is 0.385. The van der Waals surface area contributed by atoms with Crippen LogP contribution in [-0.4, -0.2) is 53.0 Å². The average molecular weight is 339 g/mol. The van der Waals surface area contributed by atoms with Crippen molar-refractivity contribution in [1.29, 1.82) is 0 Å². The zero-order valence-electron chi connectivity index (χ0n) is 11.0. The van der Waals surface area contributed by atoms with E-state index >= 15 is 0 Å². The standard InChI is InChI=1S/C13H15BrN4O2/c1-17-5-6-20-10(8-17)13(19)16-11-7-15-12-9(14)3-2-4-18(11)12/h2-4,7,10H,5-6,8H2,1H3,(H,16,19)/t10-/m0/s1. The van der Waals surface area contributed by atoms with Crippen molar-refractivity contribution in [3.05, 3.63) is 29.0 Å². The van der Waals surface area contributed by atoms with Crippen molar-refractivity contribution in [2.45, 2.75) is 6.10 Å². The first-order valence-electron chi connectivity index (χ1n) is 6.38. The minimum atomic E-state index is -0.438. The summed E-state index contributed by atoms with van der Waals surface area (Å²) in [5, 5.41) is 2.87. The Balaban J connectivity index is 1.79. The number of halogens is 1. The minimum Gasteiger partial charge on any atom is -0.366 e. The number of aromatic nitrogens is 2. The van der Waals surface area contributed by atoms with E-state index in [9.17, 15) is 4.79 Å². The topological polar surface area (TPSA) is 58.9 Å². The van der Waals surface area contributed by atoms with Crippen LogP contribution in [0.15, 0.2) is 29.0 Å². The van der Waals surface area contributed by atoms with Crippen LogP contribution in [0.1, 0.15) is 0 Å². The maximum Gasteiger partial charge on any atom is 0.255 e. The first kappa shape index (κ1) is 13.5. The van der Waals surface area contributed by atoms with Gasteiger partial charge in [0.05, 0.1) is 17.3 Å². The van der Waals surface area contributed by atoms with Crippen molar-refractivity contribution in [3.63, 3.8) is 0 Å². The van der Waals surface area contributed by atoms with Gasteiger partial charge in [0.15, 0.2) is 5.65 Å². The molecule has 1 amide bonds. The van der Waals surface area contributed by atoms with Crippen molar-refractivity contribution in [3.8, 4) is 0 Å². The van der Waals surface area contributed by atoms with Gasteiger partial charge in [0, 0.05) is 19.3 Å². The number of morpholine rings is 1. The van der Waals surface area contributed by atoms with E-state index in [0.29, 0.717) is 19.0 Å². The highest BCUT2D eigenvalue weighted by molar-refractivity contribution is 9.10. The maximum atomic E-state index is 12.2. The molecule has 1 N–H and O–H groups in total. The summed E-state index contributed by atoms with van der Waals surface area (Å²) in [6.45, 7) is 2.03. The summed E-state index contributed by atoms with van der Waals surface area (Å²) in [6, 6.07) is 3.80. The van der Waals surface area contributed by atoms with E-state index in [0.717, 1.165) is 16.7 Å². The number of imidazole rings is 1. The van der Waals surface area contributed by atoms with E-state index in [1.165, 1.54) is 0 Å². The van der Waals surface area contributed by atoms with Crippen molar-refractivity contribution >= 4 is 33.3 Å². The van der Waals surface area contributed by atoms with Crippen molar-refractivity contribution in [2.24, 2.45) is 0 Å². The highest BCUT2D eigenvalue weighted by Crippen LogP contribution is 2.20. The molecule has 0 bridgehead atoms. The second-order valence-corrected chi connectivity index (χ2v) is 5.66. The number of likely N-dealkylation sites (N-methyl/N-ethyl adjacent to an activating group) is 1. The van der Waals surface area contributed by atoms with Gasteiger partial charge in [0.25, 0.3) is 5.91 Å². The molecule has 2 aromatic rings. The van der Waals surface area contributed by atoms with Crippen LogP contribution in [-0.2, 0) is 9.53 Å². The lowest BCUT2D eigenvalue weighted by molar-refractivity contribution is -0.132. The van der Waals surface area contributed by atoms with E-state index in [1.807, 2.05) is 29.8 Å². The van der Waals surface area contributed by atoms with Crippen LogP contribution in [0.25, 0.3) is 5.65 Å². The van der Waals surface area contributed by atoms with Gasteiger partial charge in [0.1, 0.15) is 11.9 Å². The molecule has 20 heavy (non-hydrogen) atoms. The molecule has 6 nitrogen and oxygen atoms in total. The van der Waals surface area contributed by atoms with Crippen molar-refractivity contribution < 1.29 is 9.53 Å². The number of carbonyl (C=O) groups is 1. The molecule has 3 rings (SSSR count). The number of anilines is 1. The van der Waals surface area contributed by atoms with Gasteiger partial charge in [-0.2, -0.15) is 0 Å². The molecule has 1 fully saturated rings. The monoisotopic (exact) mass is 338 g/mol. The zero-order valence-corrected chi connectivity index (χ0v) is 12.6. The van der Waals surface area contributed by atoms with Gasteiger partial charge in [-0.25, -0.2) is 4.98 Å². The molecular weight excluding hydrogens is 324 g/mol. The highest BCUT2D eigenvalue weighted by atomic mass is 79.9. The van der Waals surface area contributed by atoms with Gasteiger partial charge in [-0.3, -0.25) is 9.20 Å². The maximum absolute atomic E-state index is 12.2. The Kier molecular flexibility index (Phi) is 3.73. The Morgan fingerprint density at radius 1 is 1.60 bits per heavy atom. The van der Waals surface area contributed by atoms with Crippen LogP contribution < -0.4 is 5.32 Å². The van der Waals surface area contributed by atoms with E-state index in [2.05, 4.69) is 31.1 Å². The number of hydrogen-bond donors (Lipinski definition) is 1. The Bertz CT molecular complexity index is 642. The van der Waals surface area contributed by atoms with Crippen LogP contribution in [0.5, 0.6) is 0 Å². The molecule has 1 atom stereocenters. The Morgan fingerprint density at radius 2 is 2.45 bits per heavy atom. The van der Waals surface area contributed by atoms with Crippen LogP contribution in [0.3, 0.4) is 0 Å². The Hall–Kier alpha value is -1.44. The largest absolute Gasteiger partial charge is 0.366 e. The lowest BCUT2D eigenvalue weighted by Crippen LogP contribution is -2.46.